The molecule has 0 aliphatic carbocycles. The molecule has 0 spiro atoms. The van der Waals surface area contributed by atoms with Crippen molar-refractivity contribution in [3.63, 3.8) is 0 Å². The van der Waals surface area contributed by atoms with E-state index in [0.717, 1.165) is 11.3 Å². The second kappa shape index (κ2) is 5.19. The molecule has 0 heterocycles. The largest absolute Gasteiger partial charge is 0.394 e. The Hall–Kier alpha value is -1.87. The molecule has 3 heteroatoms. The van der Waals surface area contributed by atoms with Crippen molar-refractivity contribution in [2.45, 2.75) is 12.5 Å². The van der Waals surface area contributed by atoms with Crippen molar-refractivity contribution in [3.05, 3.63) is 66.0 Å². The summed E-state index contributed by atoms with van der Waals surface area (Å²) in [4.78, 5) is 0. The molecule has 2 rings (SSSR count). The lowest BCUT2D eigenvalue weighted by Gasteiger charge is -2.30. The molecule has 1 atom stereocenters. The molecule has 94 valence electrons. The van der Waals surface area contributed by atoms with E-state index in [1.165, 1.54) is 12.1 Å². The predicted molar refractivity (Wildman–Crippen MR) is 70.9 cm³/mol. The minimum atomic E-state index is -0.630. The lowest BCUT2D eigenvalue weighted by atomic mass is 9.92. The van der Waals surface area contributed by atoms with E-state index in [4.69, 9.17) is 0 Å². The molecule has 2 aromatic rings. The van der Waals surface area contributed by atoms with Crippen LogP contribution in [-0.2, 0) is 5.54 Å². The zero-order chi connectivity index (χ0) is 13.0. The molecular weight excluding hydrogens is 229 g/mol. The molecule has 2 N–H and O–H groups in total. The Bertz CT molecular complexity index is 498. The topological polar surface area (TPSA) is 32.3 Å². The van der Waals surface area contributed by atoms with Crippen LogP contribution < -0.4 is 5.32 Å². The first kappa shape index (κ1) is 12.6. The monoisotopic (exact) mass is 245 g/mol. The van der Waals surface area contributed by atoms with Crippen molar-refractivity contribution in [2.75, 3.05) is 11.9 Å². The average Bonchev–Trinajstić information content (AvgIpc) is 2.40. The smallest absolute Gasteiger partial charge is 0.123 e. The average molecular weight is 245 g/mol. The Balaban J connectivity index is 2.28. The van der Waals surface area contributed by atoms with Gasteiger partial charge in [0.05, 0.1) is 12.1 Å². The minimum absolute atomic E-state index is 0.0759. The van der Waals surface area contributed by atoms with Gasteiger partial charge in [-0.15, -0.1) is 0 Å². The van der Waals surface area contributed by atoms with Gasteiger partial charge in [-0.25, -0.2) is 4.39 Å². The number of halogens is 1. The van der Waals surface area contributed by atoms with E-state index < -0.39 is 5.54 Å². The van der Waals surface area contributed by atoms with Gasteiger partial charge in [-0.05, 0) is 36.8 Å². The molecule has 1 unspecified atom stereocenters. The summed E-state index contributed by atoms with van der Waals surface area (Å²) in [5.74, 6) is -0.279. The standard InChI is InChI=1S/C15H16FNO/c1-15(11-18,12-7-9-13(16)10-8-12)17-14-5-3-2-4-6-14/h2-10,17-18H,11H2,1H3. The fourth-order valence-electron chi connectivity index (χ4n) is 1.86. The SMILES string of the molecule is CC(CO)(Nc1ccccc1)c1ccc(F)cc1. The first-order valence-electron chi connectivity index (χ1n) is 5.84. The molecule has 0 aliphatic heterocycles. The minimum Gasteiger partial charge on any atom is -0.394 e. The van der Waals surface area contributed by atoms with Gasteiger partial charge in [-0.2, -0.15) is 0 Å². The van der Waals surface area contributed by atoms with Gasteiger partial charge >= 0.3 is 0 Å². The summed E-state index contributed by atoms with van der Waals surface area (Å²) < 4.78 is 12.9. The summed E-state index contributed by atoms with van der Waals surface area (Å²) in [6, 6.07) is 15.8. The van der Waals surface area contributed by atoms with Gasteiger partial charge in [0, 0.05) is 5.69 Å². The van der Waals surface area contributed by atoms with E-state index in [1.807, 2.05) is 37.3 Å². The van der Waals surface area contributed by atoms with Crippen LogP contribution in [0, 0.1) is 5.82 Å². The highest BCUT2D eigenvalue weighted by molar-refractivity contribution is 5.47. The molecule has 0 bridgehead atoms. The highest BCUT2D eigenvalue weighted by Gasteiger charge is 2.25. The highest BCUT2D eigenvalue weighted by atomic mass is 19.1. The van der Waals surface area contributed by atoms with Crippen molar-refractivity contribution < 1.29 is 9.50 Å². The number of aliphatic hydroxyl groups excluding tert-OH is 1. The second-order valence-electron chi connectivity index (χ2n) is 4.49. The Morgan fingerprint density at radius 3 is 2.22 bits per heavy atom. The predicted octanol–water partition coefficient (Wildman–Crippen LogP) is 3.15. The Kier molecular flexibility index (Phi) is 3.63. The Morgan fingerprint density at radius 2 is 1.67 bits per heavy atom. The van der Waals surface area contributed by atoms with E-state index >= 15 is 0 Å². The van der Waals surface area contributed by atoms with Gasteiger partial charge in [0.15, 0.2) is 0 Å². The Morgan fingerprint density at radius 1 is 1.06 bits per heavy atom. The number of hydrogen-bond acceptors (Lipinski definition) is 2. The van der Waals surface area contributed by atoms with Crippen molar-refractivity contribution in [1.29, 1.82) is 0 Å². The number of rotatable bonds is 4. The van der Waals surface area contributed by atoms with Crippen LogP contribution in [0.5, 0.6) is 0 Å². The van der Waals surface area contributed by atoms with Crippen molar-refractivity contribution in [2.24, 2.45) is 0 Å². The number of aliphatic hydroxyl groups is 1. The fourth-order valence-corrected chi connectivity index (χ4v) is 1.86. The summed E-state index contributed by atoms with van der Waals surface area (Å²) in [5.41, 5.74) is 1.13. The van der Waals surface area contributed by atoms with Crippen LogP contribution in [-0.4, -0.2) is 11.7 Å². The van der Waals surface area contributed by atoms with E-state index in [0.29, 0.717) is 0 Å². The number of nitrogens with one attached hydrogen (secondary N) is 1. The van der Waals surface area contributed by atoms with Crippen LogP contribution in [0.3, 0.4) is 0 Å². The van der Waals surface area contributed by atoms with Crippen LogP contribution in [0.1, 0.15) is 12.5 Å². The Labute approximate surface area is 106 Å². The van der Waals surface area contributed by atoms with Crippen LogP contribution in [0.25, 0.3) is 0 Å². The summed E-state index contributed by atoms with van der Waals surface area (Å²) in [6.45, 7) is 1.81. The van der Waals surface area contributed by atoms with E-state index in [2.05, 4.69) is 5.32 Å². The molecule has 0 saturated carbocycles. The molecule has 0 fully saturated rings. The third-order valence-electron chi connectivity index (χ3n) is 2.99. The van der Waals surface area contributed by atoms with E-state index in [-0.39, 0.29) is 12.4 Å². The molecule has 2 nitrogen and oxygen atoms in total. The quantitative estimate of drug-likeness (QED) is 0.867. The molecule has 0 aromatic heterocycles. The van der Waals surface area contributed by atoms with Gasteiger partial charge in [-0.1, -0.05) is 30.3 Å². The summed E-state index contributed by atoms with van der Waals surface area (Å²) in [5, 5.41) is 12.9. The van der Waals surface area contributed by atoms with Gasteiger partial charge in [-0.3, -0.25) is 0 Å². The zero-order valence-corrected chi connectivity index (χ0v) is 10.2. The third kappa shape index (κ3) is 2.68. The molecule has 0 saturated heterocycles. The fraction of sp³-hybridized carbons (Fsp3) is 0.200. The second-order valence-corrected chi connectivity index (χ2v) is 4.49. The molecule has 0 radical (unpaired) electrons. The van der Waals surface area contributed by atoms with Gasteiger partial charge < -0.3 is 10.4 Å². The van der Waals surface area contributed by atoms with Crippen molar-refractivity contribution in [3.8, 4) is 0 Å². The highest BCUT2D eigenvalue weighted by Crippen LogP contribution is 2.25. The molecule has 0 amide bonds. The third-order valence-corrected chi connectivity index (χ3v) is 2.99. The van der Waals surface area contributed by atoms with E-state index in [1.54, 1.807) is 12.1 Å². The summed E-state index contributed by atoms with van der Waals surface area (Å²) >= 11 is 0. The van der Waals surface area contributed by atoms with Crippen molar-refractivity contribution in [1.82, 2.24) is 0 Å². The molecule has 18 heavy (non-hydrogen) atoms. The van der Waals surface area contributed by atoms with Crippen LogP contribution >= 0.6 is 0 Å². The lowest BCUT2D eigenvalue weighted by molar-refractivity contribution is 0.224. The summed E-state index contributed by atoms with van der Waals surface area (Å²) in [7, 11) is 0. The van der Waals surface area contributed by atoms with Gasteiger partial charge in [0.1, 0.15) is 5.82 Å². The first-order valence-corrected chi connectivity index (χ1v) is 5.84. The first-order chi connectivity index (χ1) is 8.64. The molecular formula is C15H16FNO. The maximum absolute atomic E-state index is 12.9. The lowest BCUT2D eigenvalue weighted by Crippen LogP contribution is -2.35. The molecule has 0 aliphatic rings. The maximum Gasteiger partial charge on any atom is 0.123 e. The number of para-hydroxylation sites is 1. The normalized spacial score (nSPS) is 13.9. The van der Waals surface area contributed by atoms with E-state index in [9.17, 15) is 9.50 Å². The number of hydrogen-bond donors (Lipinski definition) is 2. The summed E-state index contributed by atoms with van der Waals surface area (Å²) in [6.07, 6.45) is 0. The zero-order valence-electron chi connectivity index (χ0n) is 10.2. The number of benzene rings is 2. The van der Waals surface area contributed by atoms with Gasteiger partial charge in [0.2, 0.25) is 0 Å². The number of anilines is 1. The molecule has 2 aromatic carbocycles. The van der Waals surface area contributed by atoms with Crippen LogP contribution in [0.2, 0.25) is 0 Å². The maximum atomic E-state index is 12.9. The van der Waals surface area contributed by atoms with Crippen LogP contribution in [0.15, 0.2) is 54.6 Å². The van der Waals surface area contributed by atoms with Crippen LogP contribution in [0.4, 0.5) is 10.1 Å². The van der Waals surface area contributed by atoms with Crippen molar-refractivity contribution >= 4 is 5.69 Å². The van der Waals surface area contributed by atoms with Gasteiger partial charge in [0.25, 0.3) is 0 Å².